The van der Waals surface area contributed by atoms with Crippen molar-refractivity contribution in [3.05, 3.63) is 77.1 Å². The van der Waals surface area contributed by atoms with E-state index in [4.69, 9.17) is 0 Å². The SMILES string of the molecule is Cc1cc(C(=O)Nc2ccc(F)c(F)c2)nc(Nc2ccc(C(C)C)cc2)n1. The van der Waals surface area contributed by atoms with E-state index in [1.807, 2.05) is 24.3 Å². The van der Waals surface area contributed by atoms with E-state index in [1.165, 1.54) is 17.7 Å². The molecule has 1 heterocycles. The summed E-state index contributed by atoms with van der Waals surface area (Å²) in [6.45, 7) is 5.97. The Labute approximate surface area is 161 Å². The minimum absolute atomic E-state index is 0.110. The summed E-state index contributed by atoms with van der Waals surface area (Å²) in [5, 5.41) is 5.58. The van der Waals surface area contributed by atoms with E-state index in [0.717, 1.165) is 17.8 Å². The van der Waals surface area contributed by atoms with Crippen LogP contribution < -0.4 is 10.6 Å². The molecule has 5 nitrogen and oxygen atoms in total. The quantitative estimate of drug-likeness (QED) is 0.638. The van der Waals surface area contributed by atoms with Gasteiger partial charge in [-0.1, -0.05) is 26.0 Å². The second-order valence-corrected chi connectivity index (χ2v) is 6.70. The summed E-state index contributed by atoms with van der Waals surface area (Å²) in [5.41, 5.74) is 2.84. The predicted octanol–water partition coefficient (Wildman–Crippen LogP) is 5.18. The Morgan fingerprint density at radius 3 is 2.25 bits per heavy atom. The number of hydrogen-bond acceptors (Lipinski definition) is 4. The van der Waals surface area contributed by atoms with Crippen molar-refractivity contribution in [3.8, 4) is 0 Å². The highest BCUT2D eigenvalue weighted by molar-refractivity contribution is 6.03. The average Bonchev–Trinajstić information content (AvgIpc) is 2.64. The molecule has 0 fully saturated rings. The monoisotopic (exact) mass is 382 g/mol. The lowest BCUT2D eigenvalue weighted by Crippen LogP contribution is -2.15. The maximum Gasteiger partial charge on any atom is 0.274 e. The van der Waals surface area contributed by atoms with Crippen LogP contribution in [0.4, 0.5) is 26.1 Å². The first-order chi connectivity index (χ1) is 13.3. The van der Waals surface area contributed by atoms with Gasteiger partial charge < -0.3 is 10.6 Å². The number of halogens is 2. The zero-order valence-corrected chi connectivity index (χ0v) is 15.8. The van der Waals surface area contributed by atoms with Crippen LogP contribution in [0.25, 0.3) is 0 Å². The molecule has 0 unspecified atom stereocenters. The fourth-order valence-corrected chi connectivity index (χ4v) is 2.59. The summed E-state index contributed by atoms with van der Waals surface area (Å²) >= 11 is 0. The van der Waals surface area contributed by atoms with Gasteiger partial charge in [-0.3, -0.25) is 4.79 Å². The lowest BCUT2D eigenvalue weighted by atomic mass is 10.0. The number of benzene rings is 2. The number of nitrogens with one attached hydrogen (secondary N) is 2. The van der Waals surface area contributed by atoms with Gasteiger partial charge in [-0.25, -0.2) is 18.7 Å². The van der Waals surface area contributed by atoms with Gasteiger partial charge in [-0.2, -0.15) is 0 Å². The normalized spacial score (nSPS) is 10.8. The molecule has 1 amide bonds. The maximum atomic E-state index is 13.3. The largest absolute Gasteiger partial charge is 0.324 e. The molecule has 0 aliphatic heterocycles. The van der Waals surface area contributed by atoms with Crippen LogP contribution in [-0.2, 0) is 0 Å². The van der Waals surface area contributed by atoms with Gasteiger partial charge in [0.2, 0.25) is 5.95 Å². The number of nitrogens with zero attached hydrogens (tertiary/aromatic N) is 2. The second-order valence-electron chi connectivity index (χ2n) is 6.70. The molecule has 28 heavy (non-hydrogen) atoms. The van der Waals surface area contributed by atoms with Crippen molar-refractivity contribution < 1.29 is 13.6 Å². The fraction of sp³-hybridized carbons (Fsp3) is 0.190. The van der Waals surface area contributed by atoms with Gasteiger partial charge in [-0.15, -0.1) is 0 Å². The Bertz CT molecular complexity index is 1000. The van der Waals surface area contributed by atoms with E-state index in [9.17, 15) is 13.6 Å². The topological polar surface area (TPSA) is 66.9 Å². The summed E-state index contributed by atoms with van der Waals surface area (Å²) in [6, 6.07) is 12.5. The highest BCUT2D eigenvalue weighted by Gasteiger charge is 2.13. The van der Waals surface area contributed by atoms with Crippen molar-refractivity contribution in [2.24, 2.45) is 0 Å². The second kappa shape index (κ2) is 8.12. The van der Waals surface area contributed by atoms with Gasteiger partial charge in [0.15, 0.2) is 11.6 Å². The van der Waals surface area contributed by atoms with Crippen LogP contribution in [0.15, 0.2) is 48.5 Å². The summed E-state index contributed by atoms with van der Waals surface area (Å²) in [7, 11) is 0. The molecule has 0 saturated carbocycles. The number of rotatable bonds is 5. The Morgan fingerprint density at radius 2 is 1.61 bits per heavy atom. The van der Waals surface area contributed by atoms with Crippen LogP contribution in [-0.4, -0.2) is 15.9 Å². The van der Waals surface area contributed by atoms with Crippen LogP contribution in [0.2, 0.25) is 0 Å². The third-order valence-electron chi connectivity index (χ3n) is 4.10. The number of anilines is 3. The van der Waals surface area contributed by atoms with E-state index in [0.29, 0.717) is 11.6 Å². The van der Waals surface area contributed by atoms with E-state index < -0.39 is 17.5 Å². The van der Waals surface area contributed by atoms with Crippen LogP contribution in [0, 0.1) is 18.6 Å². The molecule has 0 radical (unpaired) electrons. The molecule has 0 spiro atoms. The highest BCUT2D eigenvalue weighted by Crippen LogP contribution is 2.20. The first kappa shape index (κ1) is 19.4. The summed E-state index contributed by atoms with van der Waals surface area (Å²) in [5.74, 6) is -1.87. The molecule has 0 bridgehead atoms. The molecule has 0 aliphatic carbocycles. The molecule has 0 aliphatic rings. The van der Waals surface area contributed by atoms with Crippen molar-refractivity contribution in [2.45, 2.75) is 26.7 Å². The fourth-order valence-electron chi connectivity index (χ4n) is 2.59. The molecule has 3 aromatic rings. The van der Waals surface area contributed by atoms with Crippen molar-refractivity contribution in [1.29, 1.82) is 0 Å². The minimum atomic E-state index is -1.04. The first-order valence-corrected chi connectivity index (χ1v) is 8.81. The van der Waals surface area contributed by atoms with Crippen LogP contribution in [0.5, 0.6) is 0 Å². The number of carbonyl (C=O) groups is 1. The van der Waals surface area contributed by atoms with Crippen molar-refractivity contribution in [3.63, 3.8) is 0 Å². The summed E-state index contributed by atoms with van der Waals surface area (Å²) in [4.78, 5) is 21.0. The standard InChI is InChI=1S/C21H20F2N4O/c1-12(2)14-4-6-15(7-5-14)26-21-24-13(3)10-19(27-21)20(28)25-16-8-9-17(22)18(23)11-16/h4-12H,1-3H3,(H,25,28)(H,24,26,27). The molecule has 144 valence electrons. The Morgan fingerprint density at radius 1 is 0.929 bits per heavy atom. The number of amides is 1. The molecule has 0 atom stereocenters. The van der Waals surface area contributed by atoms with Gasteiger partial charge in [0, 0.05) is 23.1 Å². The molecule has 3 rings (SSSR count). The number of aromatic nitrogens is 2. The lowest BCUT2D eigenvalue weighted by molar-refractivity contribution is 0.102. The molecule has 0 saturated heterocycles. The Balaban J connectivity index is 1.78. The average molecular weight is 382 g/mol. The molecular weight excluding hydrogens is 362 g/mol. The van der Waals surface area contributed by atoms with Gasteiger partial charge in [0.1, 0.15) is 5.69 Å². The van der Waals surface area contributed by atoms with Crippen molar-refractivity contribution in [2.75, 3.05) is 10.6 Å². The third-order valence-corrected chi connectivity index (χ3v) is 4.10. The van der Waals surface area contributed by atoms with Crippen LogP contribution in [0.3, 0.4) is 0 Å². The summed E-state index contributed by atoms with van der Waals surface area (Å²) in [6.07, 6.45) is 0. The molecule has 2 aromatic carbocycles. The predicted molar refractivity (Wildman–Crippen MR) is 105 cm³/mol. The van der Waals surface area contributed by atoms with Crippen molar-refractivity contribution in [1.82, 2.24) is 9.97 Å². The van der Waals surface area contributed by atoms with E-state index >= 15 is 0 Å². The van der Waals surface area contributed by atoms with Crippen molar-refractivity contribution >= 4 is 23.2 Å². The molecule has 2 N–H and O–H groups in total. The van der Waals surface area contributed by atoms with Crippen LogP contribution >= 0.6 is 0 Å². The lowest BCUT2D eigenvalue weighted by Gasteiger charge is -2.10. The molecular formula is C21H20F2N4O. The minimum Gasteiger partial charge on any atom is -0.324 e. The zero-order valence-electron chi connectivity index (χ0n) is 15.8. The Hall–Kier alpha value is -3.35. The Kier molecular flexibility index (Phi) is 5.63. The van der Waals surface area contributed by atoms with Crippen LogP contribution in [0.1, 0.15) is 41.5 Å². The number of carbonyl (C=O) groups excluding carboxylic acids is 1. The highest BCUT2D eigenvalue weighted by atomic mass is 19.2. The van der Waals surface area contributed by atoms with E-state index in [-0.39, 0.29) is 17.3 Å². The van der Waals surface area contributed by atoms with Gasteiger partial charge in [-0.05, 0) is 48.7 Å². The van der Waals surface area contributed by atoms with Gasteiger partial charge in [0.05, 0.1) is 0 Å². The first-order valence-electron chi connectivity index (χ1n) is 8.81. The third kappa shape index (κ3) is 4.68. The number of hydrogen-bond donors (Lipinski definition) is 2. The molecule has 7 heteroatoms. The molecule has 1 aromatic heterocycles. The van der Waals surface area contributed by atoms with E-state index in [2.05, 4.69) is 34.4 Å². The van der Waals surface area contributed by atoms with Gasteiger partial charge >= 0.3 is 0 Å². The summed E-state index contributed by atoms with van der Waals surface area (Å²) < 4.78 is 26.3. The van der Waals surface area contributed by atoms with E-state index in [1.54, 1.807) is 6.92 Å². The maximum absolute atomic E-state index is 13.3. The van der Waals surface area contributed by atoms with Gasteiger partial charge in [0.25, 0.3) is 5.91 Å². The number of aryl methyl sites for hydroxylation is 1. The zero-order chi connectivity index (χ0) is 20.3. The smallest absolute Gasteiger partial charge is 0.274 e.